The van der Waals surface area contributed by atoms with Gasteiger partial charge >= 0.3 is 0 Å². The van der Waals surface area contributed by atoms with Gasteiger partial charge in [-0.1, -0.05) is 23.4 Å². The van der Waals surface area contributed by atoms with Crippen molar-refractivity contribution >= 4 is 0 Å². The first-order chi connectivity index (χ1) is 12.2. The van der Waals surface area contributed by atoms with Gasteiger partial charge in [0, 0.05) is 0 Å². The lowest BCUT2D eigenvalue weighted by molar-refractivity contribution is 0.0665. The molecule has 0 aliphatic carbocycles. The second-order valence-electron chi connectivity index (χ2n) is 5.25. The maximum Gasteiger partial charge on any atom is 0.271 e. The van der Waals surface area contributed by atoms with E-state index in [1.54, 1.807) is 12.1 Å². The summed E-state index contributed by atoms with van der Waals surface area (Å²) in [6.07, 6.45) is -0.568. The minimum absolute atomic E-state index is 0.139. The van der Waals surface area contributed by atoms with Crippen LogP contribution in [0.25, 0.3) is 0 Å². The Morgan fingerprint density at radius 1 is 1.04 bits per heavy atom. The molecule has 0 saturated heterocycles. The summed E-state index contributed by atoms with van der Waals surface area (Å²) in [4.78, 5) is 4.13. The Morgan fingerprint density at radius 3 is 2.60 bits per heavy atom. The second kappa shape index (κ2) is 6.39. The first-order valence-electron chi connectivity index (χ1n) is 7.48. The van der Waals surface area contributed by atoms with Crippen LogP contribution in [-0.4, -0.2) is 16.7 Å². The fourth-order valence-electron chi connectivity index (χ4n) is 2.36. The van der Waals surface area contributed by atoms with Gasteiger partial charge in [0.1, 0.15) is 6.61 Å². The summed E-state index contributed by atoms with van der Waals surface area (Å²) in [5.41, 5.74) is 0. The Hall–Kier alpha value is -3.16. The van der Waals surface area contributed by atoms with Gasteiger partial charge in [0.25, 0.3) is 5.89 Å². The van der Waals surface area contributed by atoms with Gasteiger partial charge in [-0.25, -0.2) is 8.78 Å². The molecular weight excluding hydrogens is 334 g/mol. The van der Waals surface area contributed by atoms with E-state index in [0.717, 1.165) is 12.1 Å². The maximum absolute atomic E-state index is 13.5. The molecule has 6 nitrogen and oxygen atoms in total. The van der Waals surface area contributed by atoms with Crippen LogP contribution in [0.4, 0.5) is 8.78 Å². The molecule has 1 aliphatic rings. The van der Waals surface area contributed by atoms with Gasteiger partial charge in [-0.3, -0.25) is 0 Å². The van der Waals surface area contributed by atoms with E-state index in [0.29, 0.717) is 11.5 Å². The number of fused-ring (bicyclic) bond motifs is 1. The third-order valence-corrected chi connectivity index (χ3v) is 3.53. The van der Waals surface area contributed by atoms with Gasteiger partial charge in [0.15, 0.2) is 35.5 Å². The molecule has 0 saturated carbocycles. The van der Waals surface area contributed by atoms with Gasteiger partial charge < -0.3 is 18.7 Å². The number of halogens is 2. The molecule has 1 aliphatic heterocycles. The van der Waals surface area contributed by atoms with Crippen molar-refractivity contribution in [1.82, 2.24) is 10.1 Å². The fraction of sp³-hybridized carbons (Fsp3) is 0.176. The molecule has 4 rings (SSSR count). The normalized spacial score (nSPS) is 15.8. The number of hydrogen-bond acceptors (Lipinski definition) is 6. The van der Waals surface area contributed by atoms with Gasteiger partial charge in [0.2, 0.25) is 11.9 Å². The van der Waals surface area contributed by atoms with Crippen molar-refractivity contribution in [3.63, 3.8) is 0 Å². The predicted molar refractivity (Wildman–Crippen MR) is 80.3 cm³/mol. The fourth-order valence-corrected chi connectivity index (χ4v) is 2.36. The van der Waals surface area contributed by atoms with Gasteiger partial charge in [-0.15, -0.1) is 0 Å². The highest BCUT2D eigenvalue weighted by molar-refractivity contribution is 5.40. The molecule has 0 unspecified atom stereocenters. The van der Waals surface area contributed by atoms with Crippen molar-refractivity contribution in [2.24, 2.45) is 0 Å². The van der Waals surface area contributed by atoms with Crippen LogP contribution in [0.1, 0.15) is 17.8 Å². The summed E-state index contributed by atoms with van der Waals surface area (Å²) in [6.45, 7) is -0.0348. The van der Waals surface area contributed by atoms with Crippen LogP contribution in [0.15, 0.2) is 47.0 Å². The van der Waals surface area contributed by atoms with Gasteiger partial charge in [-0.05, 0) is 24.3 Å². The number of ether oxygens (including phenoxy) is 3. The second-order valence-corrected chi connectivity index (χ2v) is 5.25. The van der Waals surface area contributed by atoms with Crippen molar-refractivity contribution in [3.8, 4) is 17.2 Å². The first-order valence-corrected chi connectivity index (χ1v) is 7.48. The lowest BCUT2D eigenvalue weighted by Crippen LogP contribution is -2.21. The van der Waals surface area contributed by atoms with E-state index < -0.39 is 23.5 Å². The maximum atomic E-state index is 13.5. The average Bonchev–Trinajstić information content (AvgIpc) is 3.10. The summed E-state index contributed by atoms with van der Waals surface area (Å²) >= 11 is 0. The molecule has 0 N–H and O–H groups in total. The molecule has 0 amide bonds. The molecule has 0 radical (unpaired) electrons. The van der Waals surface area contributed by atoms with Gasteiger partial charge in [0.05, 0.1) is 0 Å². The minimum atomic E-state index is -0.802. The van der Waals surface area contributed by atoms with Gasteiger partial charge in [-0.2, -0.15) is 4.98 Å². The van der Waals surface area contributed by atoms with Crippen molar-refractivity contribution in [1.29, 1.82) is 0 Å². The molecule has 1 atom stereocenters. The topological polar surface area (TPSA) is 66.6 Å². The van der Waals surface area contributed by atoms with Crippen LogP contribution in [0.2, 0.25) is 0 Å². The van der Waals surface area contributed by atoms with Crippen LogP contribution in [0.3, 0.4) is 0 Å². The summed E-state index contributed by atoms with van der Waals surface area (Å²) in [5, 5.41) is 3.73. The summed E-state index contributed by atoms with van der Waals surface area (Å²) in [7, 11) is 0. The molecule has 2 aromatic carbocycles. The monoisotopic (exact) mass is 346 g/mol. The van der Waals surface area contributed by atoms with Crippen LogP contribution in [-0.2, 0) is 6.61 Å². The largest absolute Gasteiger partial charge is 0.485 e. The SMILES string of the molecule is Fc1cccc(F)c1OCc1noc([C@@H]2COc3ccccc3O2)n1. The van der Waals surface area contributed by atoms with Crippen molar-refractivity contribution < 1.29 is 27.5 Å². The standard InChI is InChI=1S/C17H12F2N2O4/c18-10-4-3-5-11(19)16(10)23-9-15-20-17(25-21-15)14-8-22-12-6-1-2-7-13(12)24-14/h1-7,14H,8-9H2/t14-/m0/s1. The molecule has 0 fully saturated rings. The van der Waals surface area contributed by atoms with Crippen LogP contribution in [0, 0.1) is 11.6 Å². The van der Waals surface area contributed by atoms with Crippen molar-refractivity contribution in [2.45, 2.75) is 12.7 Å². The molecule has 25 heavy (non-hydrogen) atoms. The molecule has 1 aromatic heterocycles. The van der Waals surface area contributed by atoms with E-state index >= 15 is 0 Å². The summed E-state index contributed by atoms with van der Waals surface area (Å²) in [6, 6.07) is 10.7. The third-order valence-electron chi connectivity index (χ3n) is 3.53. The minimum Gasteiger partial charge on any atom is -0.485 e. The summed E-state index contributed by atoms with van der Waals surface area (Å²) in [5.74, 6) is -0.545. The van der Waals surface area contributed by atoms with E-state index in [1.165, 1.54) is 6.07 Å². The average molecular weight is 346 g/mol. The van der Waals surface area contributed by atoms with E-state index in [-0.39, 0.29) is 24.9 Å². The Morgan fingerprint density at radius 2 is 1.80 bits per heavy atom. The Balaban J connectivity index is 1.44. The Kier molecular flexibility index (Phi) is 3.93. The molecular formula is C17H12F2N2O4. The molecule has 0 spiro atoms. The zero-order chi connectivity index (χ0) is 17.2. The van der Waals surface area contributed by atoms with Crippen LogP contribution in [0.5, 0.6) is 17.2 Å². The molecule has 2 heterocycles. The highest BCUT2D eigenvalue weighted by atomic mass is 19.1. The quantitative estimate of drug-likeness (QED) is 0.721. The number of para-hydroxylation sites is 3. The zero-order valence-corrected chi connectivity index (χ0v) is 12.8. The molecule has 3 aromatic rings. The predicted octanol–water partition coefficient (Wildman–Crippen LogP) is 3.44. The number of aromatic nitrogens is 2. The van der Waals surface area contributed by atoms with Crippen LogP contribution < -0.4 is 14.2 Å². The lowest BCUT2D eigenvalue weighted by atomic mass is 10.2. The van der Waals surface area contributed by atoms with E-state index in [2.05, 4.69) is 10.1 Å². The number of rotatable bonds is 4. The Labute approximate surface area is 140 Å². The number of hydrogen-bond donors (Lipinski definition) is 0. The number of benzene rings is 2. The molecule has 128 valence electrons. The van der Waals surface area contributed by atoms with Crippen molar-refractivity contribution in [3.05, 3.63) is 65.8 Å². The van der Waals surface area contributed by atoms with E-state index in [1.807, 2.05) is 12.1 Å². The smallest absolute Gasteiger partial charge is 0.271 e. The zero-order valence-electron chi connectivity index (χ0n) is 12.8. The third kappa shape index (κ3) is 3.10. The number of nitrogens with zero attached hydrogens (tertiary/aromatic N) is 2. The highest BCUT2D eigenvalue weighted by Gasteiger charge is 2.27. The Bertz CT molecular complexity index is 880. The van der Waals surface area contributed by atoms with E-state index in [4.69, 9.17) is 18.7 Å². The van der Waals surface area contributed by atoms with Crippen molar-refractivity contribution in [2.75, 3.05) is 6.61 Å². The highest BCUT2D eigenvalue weighted by Crippen LogP contribution is 2.35. The lowest BCUT2D eigenvalue weighted by Gasteiger charge is -2.23. The van der Waals surface area contributed by atoms with Crippen LogP contribution >= 0.6 is 0 Å². The summed E-state index contributed by atoms with van der Waals surface area (Å²) < 4.78 is 48.6. The van der Waals surface area contributed by atoms with E-state index in [9.17, 15) is 8.78 Å². The molecule has 8 heteroatoms. The molecule has 0 bridgehead atoms. The first kappa shape index (κ1) is 15.4.